The van der Waals surface area contributed by atoms with E-state index in [-0.39, 0.29) is 5.78 Å². The highest BCUT2D eigenvalue weighted by atomic mass is 16.1. The van der Waals surface area contributed by atoms with Crippen LogP contribution in [0.4, 0.5) is 0 Å². The molecular formula is C12H12N2O. The van der Waals surface area contributed by atoms with Gasteiger partial charge in [-0.1, -0.05) is 6.07 Å². The number of nitriles is 1. The molecule has 0 spiro atoms. The smallest absolute Gasteiger partial charge is 0.156 e. The molecule has 2 rings (SSSR count). The van der Waals surface area contributed by atoms with Crippen LogP contribution in [0.5, 0.6) is 0 Å². The molecule has 0 aromatic carbocycles. The molecule has 3 heteroatoms. The molecule has 1 fully saturated rings. The van der Waals surface area contributed by atoms with E-state index < -0.39 is 5.92 Å². The average Bonchev–Trinajstić information content (AvgIpc) is 3.04. The van der Waals surface area contributed by atoms with Gasteiger partial charge in [-0.05, 0) is 30.9 Å². The van der Waals surface area contributed by atoms with E-state index in [4.69, 9.17) is 5.26 Å². The Kier molecular flexibility index (Phi) is 2.77. The quantitative estimate of drug-likeness (QED) is 0.747. The first kappa shape index (κ1) is 9.85. The maximum absolute atomic E-state index is 11.8. The Hall–Kier alpha value is -1.69. The highest BCUT2D eigenvalue weighted by molar-refractivity contribution is 5.88. The van der Waals surface area contributed by atoms with Crippen LogP contribution in [0.1, 0.15) is 30.9 Å². The SMILES string of the molecule is N#CC(C(=O)CC1CC1)c1ccccn1. The minimum Gasteiger partial charge on any atom is -0.298 e. The molecular weight excluding hydrogens is 188 g/mol. The van der Waals surface area contributed by atoms with Crippen molar-refractivity contribution in [3.05, 3.63) is 30.1 Å². The van der Waals surface area contributed by atoms with E-state index in [1.807, 2.05) is 6.07 Å². The van der Waals surface area contributed by atoms with Crippen LogP contribution in [0, 0.1) is 17.2 Å². The van der Waals surface area contributed by atoms with Gasteiger partial charge in [-0.25, -0.2) is 0 Å². The molecule has 1 aliphatic carbocycles. The fourth-order valence-corrected chi connectivity index (χ4v) is 1.57. The molecule has 1 aliphatic rings. The van der Waals surface area contributed by atoms with E-state index in [0.29, 0.717) is 18.0 Å². The molecule has 1 aromatic heterocycles. The molecule has 1 saturated carbocycles. The fraction of sp³-hybridized carbons (Fsp3) is 0.417. The highest BCUT2D eigenvalue weighted by Crippen LogP contribution is 2.34. The van der Waals surface area contributed by atoms with E-state index in [1.165, 1.54) is 0 Å². The number of hydrogen-bond donors (Lipinski definition) is 0. The lowest BCUT2D eigenvalue weighted by Crippen LogP contribution is -2.12. The monoisotopic (exact) mass is 200 g/mol. The van der Waals surface area contributed by atoms with Crippen LogP contribution in [0.2, 0.25) is 0 Å². The summed E-state index contributed by atoms with van der Waals surface area (Å²) < 4.78 is 0. The number of hydrogen-bond acceptors (Lipinski definition) is 3. The zero-order valence-electron chi connectivity index (χ0n) is 8.39. The van der Waals surface area contributed by atoms with Gasteiger partial charge in [0.25, 0.3) is 0 Å². The summed E-state index contributed by atoms with van der Waals surface area (Å²) in [6.45, 7) is 0. The van der Waals surface area contributed by atoms with Crippen LogP contribution in [-0.4, -0.2) is 10.8 Å². The fourth-order valence-electron chi connectivity index (χ4n) is 1.57. The molecule has 0 N–H and O–H groups in total. The van der Waals surface area contributed by atoms with Gasteiger partial charge in [0.2, 0.25) is 0 Å². The molecule has 0 radical (unpaired) electrons. The van der Waals surface area contributed by atoms with Crippen molar-refractivity contribution in [2.24, 2.45) is 5.92 Å². The molecule has 1 atom stereocenters. The number of ketones is 1. The lowest BCUT2D eigenvalue weighted by atomic mass is 9.97. The first-order valence-electron chi connectivity index (χ1n) is 5.14. The van der Waals surface area contributed by atoms with Crippen molar-refractivity contribution in [2.75, 3.05) is 0 Å². The van der Waals surface area contributed by atoms with Crippen molar-refractivity contribution in [3.8, 4) is 6.07 Å². The van der Waals surface area contributed by atoms with Crippen LogP contribution >= 0.6 is 0 Å². The minimum absolute atomic E-state index is 0.0127. The summed E-state index contributed by atoms with van der Waals surface area (Å²) >= 11 is 0. The lowest BCUT2D eigenvalue weighted by molar-refractivity contribution is -0.119. The normalized spacial score (nSPS) is 16.7. The van der Waals surface area contributed by atoms with E-state index in [2.05, 4.69) is 4.98 Å². The third kappa shape index (κ3) is 2.41. The van der Waals surface area contributed by atoms with Crippen LogP contribution < -0.4 is 0 Å². The van der Waals surface area contributed by atoms with Gasteiger partial charge >= 0.3 is 0 Å². The Morgan fingerprint density at radius 2 is 2.40 bits per heavy atom. The molecule has 15 heavy (non-hydrogen) atoms. The largest absolute Gasteiger partial charge is 0.298 e. The number of carbonyl (C=O) groups is 1. The summed E-state index contributed by atoms with van der Waals surface area (Å²) in [4.78, 5) is 15.8. The van der Waals surface area contributed by atoms with E-state index in [9.17, 15) is 4.79 Å². The number of Topliss-reactive ketones (excluding diaryl/α,β-unsaturated/α-hetero) is 1. The minimum atomic E-state index is -0.674. The van der Waals surface area contributed by atoms with Gasteiger partial charge in [0.05, 0.1) is 11.8 Å². The standard InChI is InChI=1S/C12H12N2O/c13-8-10(11-3-1-2-6-14-11)12(15)7-9-4-5-9/h1-3,6,9-10H,4-5,7H2. The second-order valence-electron chi connectivity index (χ2n) is 3.93. The zero-order chi connectivity index (χ0) is 10.7. The lowest BCUT2D eigenvalue weighted by Gasteiger charge is -2.06. The first-order valence-corrected chi connectivity index (χ1v) is 5.14. The Labute approximate surface area is 88.8 Å². The van der Waals surface area contributed by atoms with Gasteiger partial charge in [0, 0.05) is 12.6 Å². The van der Waals surface area contributed by atoms with Crippen LogP contribution in [0.25, 0.3) is 0 Å². The summed E-state index contributed by atoms with van der Waals surface area (Å²) in [5.41, 5.74) is 0.575. The molecule has 1 aromatic rings. The Balaban J connectivity index is 2.10. The van der Waals surface area contributed by atoms with E-state index in [0.717, 1.165) is 12.8 Å². The highest BCUT2D eigenvalue weighted by Gasteiger charge is 2.29. The van der Waals surface area contributed by atoms with Gasteiger partial charge in [0.1, 0.15) is 5.92 Å². The third-order valence-corrected chi connectivity index (χ3v) is 2.62. The van der Waals surface area contributed by atoms with Crippen molar-refractivity contribution in [3.63, 3.8) is 0 Å². The summed E-state index contributed by atoms with van der Waals surface area (Å²) in [5, 5.41) is 8.97. The number of carbonyl (C=O) groups excluding carboxylic acids is 1. The predicted molar refractivity (Wildman–Crippen MR) is 54.9 cm³/mol. The number of nitrogens with zero attached hydrogens (tertiary/aromatic N) is 2. The van der Waals surface area contributed by atoms with Crippen LogP contribution in [0.3, 0.4) is 0 Å². The Morgan fingerprint density at radius 1 is 1.60 bits per heavy atom. The maximum Gasteiger partial charge on any atom is 0.156 e. The molecule has 0 amide bonds. The summed E-state index contributed by atoms with van der Waals surface area (Å²) in [6.07, 6.45) is 4.41. The predicted octanol–water partition coefficient (Wildman–Crippen LogP) is 2.06. The Bertz CT molecular complexity index is 390. The average molecular weight is 200 g/mol. The zero-order valence-corrected chi connectivity index (χ0v) is 8.39. The van der Waals surface area contributed by atoms with Crippen molar-refractivity contribution < 1.29 is 4.79 Å². The van der Waals surface area contributed by atoms with Gasteiger partial charge in [-0.15, -0.1) is 0 Å². The second-order valence-corrected chi connectivity index (χ2v) is 3.93. The van der Waals surface area contributed by atoms with Crippen LogP contribution in [-0.2, 0) is 4.79 Å². The number of pyridine rings is 1. The second kappa shape index (κ2) is 4.22. The van der Waals surface area contributed by atoms with E-state index in [1.54, 1.807) is 24.4 Å². The van der Waals surface area contributed by atoms with Crippen molar-refractivity contribution in [1.82, 2.24) is 4.98 Å². The molecule has 1 heterocycles. The number of aromatic nitrogens is 1. The summed E-state index contributed by atoms with van der Waals surface area (Å²) in [6, 6.07) is 7.36. The molecule has 3 nitrogen and oxygen atoms in total. The van der Waals surface area contributed by atoms with Crippen molar-refractivity contribution >= 4 is 5.78 Å². The molecule has 0 aliphatic heterocycles. The molecule has 0 bridgehead atoms. The molecule has 0 saturated heterocycles. The van der Waals surface area contributed by atoms with Crippen LogP contribution in [0.15, 0.2) is 24.4 Å². The van der Waals surface area contributed by atoms with Gasteiger partial charge in [0.15, 0.2) is 5.78 Å². The van der Waals surface area contributed by atoms with Crippen molar-refractivity contribution in [1.29, 1.82) is 5.26 Å². The van der Waals surface area contributed by atoms with Gasteiger partial charge < -0.3 is 0 Å². The first-order chi connectivity index (χ1) is 7.31. The maximum atomic E-state index is 11.8. The third-order valence-electron chi connectivity index (χ3n) is 2.62. The molecule has 76 valence electrons. The number of rotatable bonds is 4. The Morgan fingerprint density at radius 3 is 2.93 bits per heavy atom. The molecule has 1 unspecified atom stereocenters. The van der Waals surface area contributed by atoms with Gasteiger partial charge in [-0.2, -0.15) is 5.26 Å². The summed E-state index contributed by atoms with van der Waals surface area (Å²) in [5.74, 6) is -0.137. The van der Waals surface area contributed by atoms with Crippen molar-refractivity contribution in [2.45, 2.75) is 25.2 Å². The topological polar surface area (TPSA) is 53.8 Å². The van der Waals surface area contributed by atoms with Gasteiger partial charge in [-0.3, -0.25) is 9.78 Å². The summed E-state index contributed by atoms with van der Waals surface area (Å²) in [7, 11) is 0. The van der Waals surface area contributed by atoms with E-state index >= 15 is 0 Å².